The van der Waals surface area contributed by atoms with Crippen LogP contribution in [0, 0.1) is 5.92 Å². The number of carbonyl (C=O) groups excluding carboxylic acids is 2. The summed E-state index contributed by atoms with van der Waals surface area (Å²) in [5.74, 6) is 0.181. The van der Waals surface area contributed by atoms with E-state index in [4.69, 9.17) is 0 Å². The van der Waals surface area contributed by atoms with Crippen molar-refractivity contribution in [3.8, 4) is 0 Å². The molecule has 0 bridgehead atoms. The van der Waals surface area contributed by atoms with Crippen LogP contribution >= 0.6 is 15.9 Å². The van der Waals surface area contributed by atoms with Crippen molar-refractivity contribution in [3.63, 3.8) is 0 Å². The van der Waals surface area contributed by atoms with Gasteiger partial charge in [0.05, 0.1) is 0 Å². The predicted octanol–water partition coefficient (Wildman–Crippen LogP) is 2.45. The molecule has 1 aromatic carbocycles. The zero-order chi connectivity index (χ0) is 13.4. The number of benzene rings is 1. The van der Waals surface area contributed by atoms with Gasteiger partial charge in [0, 0.05) is 29.0 Å². The Morgan fingerprint density at radius 1 is 1.05 bits per heavy atom. The van der Waals surface area contributed by atoms with Crippen molar-refractivity contribution in [3.05, 3.63) is 34.3 Å². The highest BCUT2D eigenvalue weighted by Gasteiger charge is 2.39. The van der Waals surface area contributed by atoms with Crippen molar-refractivity contribution < 1.29 is 9.59 Å². The van der Waals surface area contributed by atoms with Gasteiger partial charge in [-0.15, -0.1) is 0 Å². The van der Waals surface area contributed by atoms with Gasteiger partial charge in [0.15, 0.2) is 0 Å². The van der Waals surface area contributed by atoms with Crippen molar-refractivity contribution in [1.29, 1.82) is 0 Å². The molecule has 100 valence electrons. The van der Waals surface area contributed by atoms with Crippen LogP contribution in [0.15, 0.2) is 28.7 Å². The van der Waals surface area contributed by atoms with E-state index in [1.165, 1.54) is 0 Å². The zero-order valence-electron chi connectivity index (χ0n) is 10.5. The molecule has 1 saturated heterocycles. The molecular formula is C14H15BrN2O2. The normalized spacial score (nSPS) is 18.8. The lowest BCUT2D eigenvalue weighted by Gasteiger charge is -2.28. The van der Waals surface area contributed by atoms with E-state index in [0.717, 1.165) is 23.7 Å². The molecule has 4 nitrogen and oxygen atoms in total. The van der Waals surface area contributed by atoms with E-state index in [-0.39, 0.29) is 17.7 Å². The van der Waals surface area contributed by atoms with Gasteiger partial charge in [-0.1, -0.05) is 15.9 Å². The Morgan fingerprint density at radius 2 is 1.68 bits per heavy atom. The van der Waals surface area contributed by atoms with Gasteiger partial charge in [-0.2, -0.15) is 0 Å². The minimum absolute atomic E-state index is 0.0843. The first-order valence-corrected chi connectivity index (χ1v) is 7.35. The molecule has 1 aromatic rings. The third-order valence-electron chi connectivity index (χ3n) is 3.54. The fraction of sp³-hybridized carbons (Fsp3) is 0.429. The highest BCUT2D eigenvalue weighted by atomic mass is 79.9. The average molecular weight is 323 g/mol. The molecule has 0 unspecified atom stereocenters. The van der Waals surface area contributed by atoms with E-state index >= 15 is 0 Å². The molecule has 2 fully saturated rings. The molecule has 2 aliphatic rings. The maximum absolute atomic E-state index is 12.4. The molecule has 5 heteroatoms. The highest BCUT2D eigenvalue weighted by molar-refractivity contribution is 9.10. The number of hydrazine groups is 1. The van der Waals surface area contributed by atoms with Gasteiger partial charge >= 0.3 is 0 Å². The largest absolute Gasteiger partial charge is 0.273 e. The number of rotatable bonds is 2. The number of hydrogen-bond donors (Lipinski definition) is 0. The van der Waals surface area contributed by atoms with E-state index in [2.05, 4.69) is 15.9 Å². The smallest absolute Gasteiger partial charge is 0.272 e. The average Bonchev–Trinajstić information content (AvgIpc) is 3.15. The lowest BCUT2D eigenvalue weighted by Crippen LogP contribution is -2.45. The van der Waals surface area contributed by atoms with Crippen LogP contribution in [0.1, 0.15) is 29.6 Å². The summed E-state index contributed by atoms with van der Waals surface area (Å²) in [6.45, 7) is 1.30. The third-order valence-corrected chi connectivity index (χ3v) is 4.07. The van der Waals surface area contributed by atoms with Gasteiger partial charge in [-0.3, -0.25) is 14.6 Å². The van der Waals surface area contributed by atoms with Gasteiger partial charge in [-0.05, 0) is 43.5 Å². The highest BCUT2D eigenvalue weighted by Crippen LogP contribution is 2.32. The van der Waals surface area contributed by atoms with Crippen LogP contribution in [0.5, 0.6) is 0 Å². The van der Waals surface area contributed by atoms with Crippen molar-refractivity contribution in [2.24, 2.45) is 5.92 Å². The monoisotopic (exact) mass is 322 g/mol. The van der Waals surface area contributed by atoms with Crippen LogP contribution in [0.3, 0.4) is 0 Å². The van der Waals surface area contributed by atoms with Crippen molar-refractivity contribution in [1.82, 2.24) is 10.0 Å². The lowest BCUT2D eigenvalue weighted by atomic mass is 10.2. The molecule has 19 heavy (non-hydrogen) atoms. The number of amides is 2. The van der Waals surface area contributed by atoms with Crippen LogP contribution < -0.4 is 0 Å². The molecule has 0 radical (unpaired) electrons. The maximum atomic E-state index is 12.4. The molecule has 3 rings (SSSR count). The summed E-state index contributed by atoms with van der Waals surface area (Å²) in [6, 6.07) is 7.25. The summed E-state index contributed by atoms with van der Waals surface area (Å²) >= 11 is 3.35. The van der Waals surface area contributed by atoms with Crippen LogP contribution in [0.2, 0.25) is 0 Å². The van der Waals surface area contributed by atoms with Gasteiger partial charge in [0.25, 0.3) is 5.91 Å². The van der Waals surface area contributed by atoms with Gasteiger partial charge in [0.2, 0.25) is 5.91 Å². The number of nitrogens with zero attached hydrogens (tertiary/aromatic N) is 2. The molecule has 1 aliphatic carbocycles. The van der Waals surface area contributed by atoms with E-state index < -0.39 is 0 Å². The predicted molar refractivity (Wildman–Crippen MR) is 74.2 cm³/mol. The molecule has 0 N–H and O–H groups in total. The first-order valence-electron chi connectivity index (χ1n) is 6.55. The Labute approximate surface area is 120 Å². The minimum atomic E-state index is -0.0843. The number of carbonyl (C=O) groups is 2. The Morgan fingerprint density at radius 3 is 2.32 bits per heavy atom. The fourth-order valence-corrected chi connectivity index (χ4v) is 2.60. The molecular weight excluding hydrogens is 308 g/mol. The van der Waals surface area contributed by atoms with Gasteiger partial charge in [0.1, 0.15) is 0 Å². The van der Waals surface area contributed by atoms with Crippen LogP contribution in [-0.2, 0) is 4.79 Å². The van der Waals surface area contributed by atoms with E-state index in [1.807, 2.05) is 12.1 Å². The van der Waals surface area contributed by atoms with Crippen LogP contribution in [0.4, 0.5) is 0 Å². The van der Waals surface area contributed by atoms with Crippen molar-refractivity contribution in [2.75, 3.05) is 13.1 Å². The van der Waals surface area contributed by atoms with E-state index in [0.29, 0.717) is 18.7 Å². The fourth-order valence-electron chi connectivity index (χ4n) is 2.33. The van der Waals surface area contributed by atoms with Crippen molar-refractivity contribution >= 4 is 27.7 Å². The van der Waals surface area contributed by atoms with Crippen LogP contribution in [0.25, 0.3) is 0 Å². The molecule has 0 spiro atoms. The summed E-state index contributed by atoms with van der Waals surface area (Å²) in [4.78, 5) is 24.6. The second-order valence-corrected chi connectivity index (χ2v) is 5.94. The Kier molecular flexibility index (Phi) is 3.31. The molecule has 0 aromatic heterocycles. The molecule has 2 amide bonds. The molecule has 0 atom stereocenters. The quantitative estimate of drug-likeness (QED) is 0.839. The summed E-state index contributed by atoms with van der Waals surface area (Å²) in [7, 11) is 0. The maximum Gasteiger partial charge on any atom is 0.272 e. The number of halogens is 1. The Hall–Kier alpha value is -1.36. The van der Waals surface area contributed by atoms with Crippen molar-refractivity contribution in [2.45, 2.75) is 19.3 Å². The third kappa shape index (κ3) is 2.52. The van der Waals surface area contributed by atoms with E-state index in [9.17, 15) is 9.59 Å². The first kappa shape index (κ1) is 12.7. The second kappa shape index (κ2) is 4.96. The van der Waals surface area contributed by atoms with E-state index in [1.54, 1.807) is 22.2 Å². The molecule has 1 aliphatic heterocycles. The summed E-state index contributed by atoms with van der Waals surface area (Å²) in [6.07, 6.45) is 2.80. The Balaban J connectivity index is 1.78. The molecule has 1 heterocycles. The SMILES string of the molecule is O=C(c1ccc(Br)cc1)N1CCCN1C(=O)C1CC1. The lowest BCUT2D eigenvalue weighted by molar-refractivity contribution is -0.141. The topological polar surface area (TPSA) is 40.6 Å². The summed E-state index contributed by atoms with van der Waals surface area (Å²) in [5, 5.41) is 3.24. The van der Waals surface area contributed by atoms with Gasteiger partial charge in [-0.25, -0.2) is 5.01 Å². The van der Waals surface area contributed by atoms with Gasteiger partial charge < -0.3 is 0 Å². The molecule has 1 saturated carbocycles. The summed E-state index contributed by atoms with van der Waals surface area (Å²) in [5.41, 5.74) is 0.624. The standard InChI is InChI=1S/C14H15BrN2O2/c15-12-6-4-11(5-7-12)14(19)17-9-1-8-16(17)13(18)10-2-3-10/h4-7,10H,1-3,8-9H2. The Bertz CT molecular complexity index is 511. The first-order chi connectivity index (χ1) is 9.16. The second-order valence-electron chi connectivity index (χ2n) is 5.02. The van der Waals surface area contributed by atoms with Crippen LogP contribution in [-0.4, -0.2) is 34.9 Å². The summed E-state index contributed by atoms with van der Waals surface area (Å²) < 4.78 is 0.941. The minimum Gasteiger partial charge on any atom is -0.273 e. The zero-order valence-corrected chi connectivity index (χ0v) is 12.1. The number of hydrogen-bond acceptors (Lipinski definition) is 2.